The summed E-state index contributed by atoms with van der Waals surface area (Å²) < 4.78 is 52.3. The molecule has 3 aromatic rings. The lowest BCUT2D eigenvalue weighted by molar-refractivity contribution is -0.137. The molecule has 5 nitrogen and oxygen atoms in total. The molecule has 0 aliphatic rings. The van der Waals surface area contributed by atoms with Gasteiger partial charge in [-0.25, -0.2) is 14.4 Å². The number of nitrogens with zero attached hydrogens (tertiary/aromatic N) is 2. The van der Waals surface area contributed by atoms with E-state index < -0.39 is 29.2 Å². The van der Waals surface area contributed by atoms with E-state index in [0.717, 1.165) is 5.56 Å². The van der Waals surface area contributed by atoms with E-state index in [1.54, 1.807) is 13.0 Å². The Hall–Kier alpha value is -3.49. The number of nitrogens with one attached hydrogen (secondary N) is 1. The molecule has 1 amide bonds. The van der Waals surface area contributed by atoms with Crippen molar-refractivity contribution >= 4 is 17.5 Å². The number of hydrogen-bond acceptors (Lipinski definition) is 4. The van der Waals surface area contributed by atoms with E-state index >= 15 is 0 Å². The van der Waals surface area contributed by atoms with Gasteiger partial charge in [0.1, 0.15) is 5.82 Å². The molecule has 9 heteroatoms. The van der Waals surface area contributed by atoms with Gasteiger partial charge in [-0.2, -0.15) is 13.2 Å². The van der Waals surface area contributed by atoms with Crippen molar-refractivity contribution in [2.24, 2.45) is 0 Å². The van der Waals surface area contributed by atoms with Gasteiger partial charge in [0.05, 0.1) is 11.3 Å². The molecule has 1 aromatic heterocycles. The van der Waals surface area contributed by atoms with Crippen LogP contribution in [0.2, 0.25) is 0 Å². The Morgan fingerprint density at radius 1 is 1.07 bits per heavy atom. The Labute approximate surface area is 157 Å². The Balaban J connectivity index is 1.92. The predicted molar refractivity (Wildman–Crippen MR) is 96.0 cm³/mol. The maximum atomic E-state index is 13.9. The second-order valence-corrected chi connectivity index (χ2v) is 6.01. The van der Waals surface area contributed by atoms with Crippen molar-refractivity contribution in [2.75, 3.05) is 11.1 Å². The molecule has 0 saturated heterocycles. The van der Waals surface area contributed by atoms with Gasteiger partial charge in [-0.3, -0.25) is 4.79 Å². The number of carbonyl (C=O) groups is 1. The molecule has 0 saturated carbocycles. The van der Waals surface area contributed by atoms with E-state index in [9.17, 15) is 22.4 Å². The zero-order chi connectivity index (χ0) is 20.5. The van der Waals surface area contributed by atoms with Crippen molar-refractivity contribution in [1.29, 1.82) is 0 Å². The Kier molecular flexibility index (Phi) is 5.00. The molecule has 0 aliphatic carbocycles. The molecule has 28 heavy (non-hydrogen) atoms. The minimum absolute atomic E-state index is 0.0929. The van der Waals surface area contributed by atoms with Crippen molar-refractivity contribution in [3.05, 3.63) is 71.3 Å². The molecule has 0 fully saturated rings. The van der Waals surface area contributed by atoms with Crippen molar-refractivity contribution < 1.29 is 22.4 Å². The van der Waals surface area contributed by atoms with Crippen LogP contribution in [0.4, 0.5) is 29.2 Å². The molecular weight excluding hydrogens is 376 g/mol. The minimum atomic E-state index is -4.65. The van der Waals surface area contributed by atoms with Gasteiger partial charge in [0.25, 0.3) is 5.91 Å². The van der Waals surface area contributed by atoms with E-state index in [0.29, 0.717) is 29.3 Å². The number of alkyl halides is 3. The lowest BCUT2D eigenvalue weighted by Gasteiger charge is -2.12. The van der Waals surface area contributed by atoms with Gasteiger partial charge in [-0.05, 0) is 48.4 Å². The van der Waals surface area contributed by atoms with Gasteiger partial charge in [-0.1, -0.05) is 6.07 Å². The fourth-order valence-corrected chi connectivity index (χ4v) is 2.54. The molecule has 0 unspecified atom stereocenters. The number of amides is 1. The van der Waals surface area contributed by atoms with Crippen LogP contribution in [-0.4, -0.2) is 15.9 Å². The smallest absolute Gasteiger partial charge is 0.368 e. The van der Waals surface area contributed by atoms with Gasteiger partial charge in [0.2, 0.25) is 5.95 Å². The summed E-state index contributed by atoms with van der Waals surface area (Å²) in [7, 11) is 0. The third kappa shape index (κ3) is 4.08. The summed E-state index contributed by atoms with van der Waals surface area (Å²) in [5.74, 6) is -1.63. The molecule has 0 bridgehead atoms. The molecular formula is C19H14F4N4O. The Morgan fingerprint density at radius 3 is 2.39 bits per heavy atom. The van der Waals surface area contributed by atoms with E-state index in [1.807, 2.05) is 0 Å². The molecule has 3 rings (SSSR count). The lowest BCUT2D eigenvalue weighted by Crippen LogP contribution is -2.14. The highest BCUT2D eigenvalue weighted by Gasteiger charge is 2.31. The van der Waals surface area contributed by atoms with Crippen LogP contribution in [0.3, 0.4) is 0 Å². The van der Waals surface area contributed by atoms with E-state index in [2.05, 4.69) is 15.3 Å². The number of rotatable bonds is 3. The molecule has 0 atom stereocenters. The number of aromatic nitrogens is 2. The normalized spacial score (nSPS) is 11.3. The number of nitrogens with two attached hydrogens (primary N) is 1. The summed E-state index contributed by atoms with van der Waals surface area (Å²) in [5, 5.41) is 2.18. The van der Waals surface area contributed by atoms with Crippen LogP contribution in [0.5, 0.6) is 0 Å². The summed E-state index contributed by atoms with van der Waals surface area (Å²) >= 11 is 0. The first kappa shape index (κ1) is 19.3. The molecule has 0 aliphatic heterocycles. The average molecular weight is 390 g/mol. The third-order valence-corrected chi connectivity index (χ3v) is 4.02. The number of hydrogen-bond donors (Lipinski definition) is 2. The first-order valence-electron chi connectivity index (χ1n) is 8.02. The number of benzene rings is 2. The largest absolute Gasteiger partial charge is 0.416 e. The summed E-state index contributed by atoms with van der Waals surface area (Å²) in [6.45, 7) is 1.81. The highest BCUT2D eigenvalue weighted by molar-refractivity contribution is 6.05. The van der Waals surface area contributed by atoms with Crippen molar-refractivity contribution in [3.63, 3.8) is 0 Å². The number of nitrogen functional groups attached to an aromatic ring is 1. The number of carbonyl (C=O) groups excluding carboxylic acids is 1. The SMILES string of the molecule is Cc1ccc(C(=O)Nc2cc(C(F)(F)F)ccc2F)cc1-c1cnc(N)nc1. The minimum Gasteiger partial charge on any atom is -0.368 e. The number of anilines is 2. The Bertz CT molecular complexity index is 1030. The predicted octanol–water partition coefficient (Wildman–Crippen LogP) is 4.44. The summed E-state index contributed by atoms with van der Waals surface area (Å²) in [4.78, 5) is 20.3. The number of halogens is 4. The van der Waals surface area contributed by atoms with Crippen LogP contribution in [0.15, 0.2) is 48.8 Å². The standard InChI is InChI=1S/C19H14F4N4O/c1-10-2-3-11(6-14(10)12-8-25-18(24)26-9-12)17(28)27-16-7-13(19(21,22)23)4-5-15(16)20/h2-9H,1H3,(H,27,28)(H2,24,25,26). The van der Waals surface area contributed by atoms with Gasteiger partial charge in [0, 0.05) is 23.5 Å². The lowest BCUT2D eigenvalue weighted by atomic mass is 10.00. The van der Waals surface area contributed by atoms with Gasteiger partial charge < -0.3 is 11.1 Å². The van der Waals surface area contributed by atoms with Crippen LogP contribution >= 0.6 is 0 Å². The van der Waals surface area contributed by atoms with Crippen LogP contribution < -0.4 is 11.1 Å². The molecule has 0 spiro atoms. The zero-order valence-electron chi connectivity index (χ0n) is 14.5. The van der Waals surface area contributed by atoms with Crippen LogP contribution in [-0.2, 0) is 6.18 Å². The topological polar surface area (TPSA) is 80.9 Å². The monoisotopic (exact) mass is 390 g/mol. The van der Waals surface area contributed by atoms with E-state index in [-0.39, 0.29) is 11.5 Å². The van der Waals surface area contributed by atoms with Crippen molar-refractivity contribution in [1.82, 2.24) is 9.97 Å². The fraction of sp³-hybridized carbons (Fsp3) is 0.105. The number of aryl methyl sites for hydroxylation is 1. The highest BCUT2D eigenvalue weighted by atomic mass is 19.4. The molecule has 2 aromatic carbocycles. The summed E-state index contributed by atoms with van der Waals surface area (Å²) in [6, 6.07) is 6.48. The van der Waals surface area contributed by atoms with Gasteiger partial charge >= 0.3 is 6.18 Å². The van der Waals surface area contributed by atoms with Crippen molar-refractivity contribution in [3.8, 4) is 11.1 Å². The molecule has 1 heterocycles. The van der Waals surface area contributed by atoms with E-state index in [1.165, 1.54) is 24.5 Å². The summed E-state index contributed by atoms with van der Waals surface area (Å²) in [5.41, 5.74) is 6.03. The Morgan fingerprint density at radius 2 is 1.75 bits per heavy atom. The quantitative estimate of drug-likeness (QED) is 0.648. The molecule has 3 N–H and O–H groups in total. The van der Waals surface area contributed by atoms with Gasteiger partial charge in [-0.15, -0.1) is 0 Å². The van der Waals surface area contributed by atoms with Crippen molar-refractivity contribution in [2.45, 2.75) is 13.1 Å². The molecule has 144 valence electrons. The first-order valence-corrected chi connectivity index (χ1v) is 8.02. The fourth-order valence-electron chi connectivity index (χ4n) is 2.54. The molecule has 0 radical (unpaired) electrons. The summed E-state index contributed by atoms with van der Waals surface area (Å²) in [6.07, 6.45) is -1.68. The second-order valence-electron chi connectivity index (χ2n) is 6.01. The van der Waals surface area contributed by atoms with Crippen LogP contribution in [0.25, 0.3) is 11.1 Å². The van der Waals surface area contributed by atoms with Crippen LogP contribution in [0, 0.1) is 12.7 Å². The highest BCUT2D eigenvalue weighted by Crippen LogP contribution is 2.32. The van der Waals surface area contributed by atoms with E-state index in [4.69, 9.17) is 5.73 Å². The van der Waals surface area contributed by atoms with Gasteiger partial charge in [0.15, 0.2) is 0 Å². The maximum Gasteiger partial charge on any atom is 0.416 e. The third-order valence-electron chi connectivity index (χ3n) is 4.02. The first-order chi connectivity index (χ1) is 13.1. The second kappa shape index (κ2) is 7.26. The zero-order valence-corrected chi connectivity index (χ0v) is 14.5. The van der Waals surface area contributed by atoms with Crippen LogP contribution in [0.1, 0.15) is 21.5 Å². The maximum absolute atomic E-state index is 13.9. The average Bonchev–Trinajstić information content (AvgIpc) is 2.63.